The Bertz CT molecular complexity index is 1110. The lowest BCUT2D eigenvalue weighted by molar-refractivity contribution is -0.127. The van der Waals surface area contributed by atoms with Crippen molar-refractivity contribution in [2.75, 3.05) is 40.0 Å². The van der Waals surface area contributed by atoms with Crippen LogP contribution in [0.3, 0.4) is 0 Å². The van der Waals surface area contributed by atoms with Gasteiger partial charge in [0.1, 0.15) is 0 Å². The minimum atomic E-state index is -0.805. The average Bonchev–Trinajstić information content (AvgIpc) is 3.24. The molecule has 0 aromatic heterocycles. The normalized spacial score (nSPS) is 33.1. The van der Waals surface area contributed by atoms with Crippen LogP contribution < -0.4 is 20.1 Å². The molecule has 10 heteroatoms. The van der Waals surface area contributed by atoms with Gasteiger partial charge in [-0.25, -0.2) is 0 Å². The van der Waals surface area contributed by atoms with Crippen LogP contribution in [0.4, 0.5) is 0 Å². The molecule has 0 spiro atoms. The average molecular weight is 579 g/mol. The molecule has 4 aliphatic rings. The topological polar surface area (TPSA) is 83.1 Å². The highest BCUT2D eigenvalue weighted by atomic mass is 35.5. The number of hydrogen-bond donors (Lipinski definition) is 2. The largest absolute Gasteiger partial charge is 0.448 e. The number of halogens is 1. The molecule has 3 heterocycles. The van der Waals surface area contributed by atoms with Gasteiger partial charge in [0.15, 0.2) is 11.5 Å². The molecule has 39 heavy (non-hydrogen) atoms. The van der Waals surface area contributed by atoms with Gasteiger partial charge in [0.05, 0.1) is 10.9 Å². The number of hydrogen-bond acceptors (Lipinski definition) is 7. The molecular weight excluding hydrogens is 536 g/mol. The molecule has 3 aliphatic heterocycles. The number of likely N-dealkylation sites (tertiary alicyclic amines) is 1. The molecule has 4 atom stereocenters. The van der Waals surface area contributed by atoms with Crippen LogP contribution in [0.15, 0.2) is 6.07 Å². The summed E-state index contributed by atoms with van der Waals surface area (Å²) in [5, 5.41) is 6.53. The number of ether oxygens (including phenoxy) is 2. The van der Waals surface area contributed by atoms with Crippen LogP contribution in [-0.4, -0.2) is 90.8 Å². The number of amides is 2. The lowest BCUT2D eigenvalue weighted by Gasteiger charge is -2.49. The first kappa shape index (κ1) is 28.8. The summed E-state index contributed by atoms with van der Waals surface area (Å²) in [5.41, 5.74) is 1.16. The first-order valence-corrected chi connectivity index (χ1v) is 15.9. The predicted molar refractivity (Wildman–Crippen MR) is 156 cm³/mol. The van der Waals surface area contributed by atoms with E-state index < -0.39 is 5.79 Å². The molecule has 8 nitrogen and oxygen atoms in total. The Morgan fingerprint density at radius 3 is 2.54 bits per heavy atom. The van der Waals surface area contributed by atoms with E-state index in [0.29, 0.717) is 39.7 Å². The van der Waals surface area contributed by atoms with E-state index >= 15 is 0 Å². The maximum Gasteiger partial charge on any atom is 0.251 e. The highest BCUT2D eigenvalue weighted by molar-refractivity contribution is 7.99. The Morgan fingerprint density at radius 2 is 1.90 bits per heavy atom. The van der Waals surface area contributed by atoms with Crippen LogP contribution in [0.2, 0.25) is 5.02 Å². The van der Waals surface area contributed by atoms with E-state index in [9.17, 15) is 9.59 Å². The second kappa shape index (κ2) is 11.3. The van der Waals surface area contributed by atoms with Crippen molar-refractivity contribution in [1.29, 1.82) is 0 Å². The number of nitrogens with one attached hydrogen (secondary N) is 2. The Balaban J connectivity index is 1.22. The maximum atomic E-state index is 13.3. The van der Waals surface area contributed by atoms with E-state index in [4.69, 9.17) is 21.1 Å². The number of thioether (sulfide) groups is 1. The predicted octanol–water partition coefficient (Wildman–Crippen LogP) is 3.93. The number of carbonyl (C=O) groups is 2. The fourth-order valence-corrected chi connectivity index (χ4v) is 7.96. The monoisotopic (exact) mass is 578 g/mol. The number of likely N-dealkylation sites (N-methyl/N-ethyl adjacent to an activating group) is 1. The molecule has 0 radical (unpaired) electrons. The number of carbonyl (C=O) groups excluding carboxylic acids is 2. The smallest absolute Gasteiger partial charge is 0.251 e. The van der Waals surface area contributed by atoms with Crippen molar-refractivity contribution in [3.63, 3.8) is 0 Å². The number of nitrogens with zero attached hydrogens (tertiary/aromatic N) is 2. The zero-order chi connectivity index (χ0) is 28.1. The van der Waals surface area contributed by atoms with Crippen molar-refractivity contribution in [3.8, 4) is 11.5 Å². The first-order chi connectivity index (χ1) is 18.5. The van der Waals surface area contributed by atoms with Crippen LogP contribution in [0.1, 0.15) is 61.9 Å². The lowest BCUT2D eigenvalue weighted by atomic mass is 9.80. The number of rotatable bonds is 7. The molecule has 4 unspecified atom stereocenters. The van der Waals surface area contributed by atoms with Crippen molar-refractivity contribution in [2.24, 2.45) is 11.8 Å². The van der Waals surface area contributed by atoms with Crippen molar-refractivity contribution in [1.82, 2.24) is 20.4 Å². The van der Waals surface area contributed by atoms with Crippen LogP contribution >= 0.6 is 23.4 Å². The van der Waals surface area contributed by atoms with E-state index in [1.165, 1.54) is 0 Å². The highest BCUT2D eigenvalue weighted by Gasteiger charge is 2.48. The second-order valence-corrected chi connectivity index (χ2v) is 13.7. The Hall–Kier alpha value is -1.68. The molecule has 3 fully saturated rings. The Morgan fingerprint density at radius 1 is 1.23 bits per heavy atom. The van der Waals surface area contributed by atoms with E-state index in [-0.39, 0.29) is 41.5 Å². The summed E-state index contributed by atoms with van der Waals surface area (Å²) in [7, 11) is 4.32. The zero-order valence-electron chi connectivity index (χ0n) is 24.0. The minimum Gasteiger partial charge on any atom is -0.448 e. The van der Waals surface area contributed by atoms with Gasteiger partial charge in [0.2, 0.25) is 5.91 Å². The van der Waals surface area contributed by atoms with E-state index in [2.05, 4.69) is 34.5 Å². The van der Waals surface area contributed by atoms with Crippen molar-refractivity contribution in [3.05, 3.63) is 22.2 Å². The summed E-state index contributed by atoms with van der Waals surface area (Å²) in [6.07, 6.45) is 7.23. The van der Waals surface area contributed by atoms with Crippen molar-refractivity contribution >= 4 is 35.2 Å². The summed E-state index contributed by atoms with van der Waals surface area (Å²) in [6, 6.07) is 3.11. The number of fused-ring (bicyclic) bond motifs is 1. The quantitative estimate of drug-likeness (QED) is 0.507. The van der Waals surface area contributed by atoms with Gasteiger partial charge in [0, 0.05) is 67.0 Å². The number of piperidine rings is 1. The third-order valence-corrected chi connectivity index (χ3v) is 10.8. The molecule has 1 aromatic carbocycles. The first-order valence-electron chi connectivity index (χ1n) is 14.2. The van der Waals surface area contributed by atoms with Gasteiger partial charge in [-0.15, -0.1) is 0 Å². The number of benzene rings is 1. The molecule has 1 saturated carbocycles. The molecule has 1 aliphatic carbocycles. The molecule has 0 bridgehead atoms. The molecular formula is C29H43ClN4O4S. The third-order valence-electron chi connectivity index (χ3n) is 9.41. The van der Waals surface area contributed by atoms with Gasteiger partial charge in [0.25, 0.3) is 11.7 Å². The Labute approximate surface area is 241 Å². The molecule has 2 amide bonds. The van der Waals surface area contributed by atoms with Gasteiger partial charge in [-0.2, -0.15) is 11.8 Å². The fraction of sp³-hybridized carbons (Fsp3) is 0.724. The minimum absolute atomic E-state index is 0.00838. The molecule has 5 rings (SSSR count). The zero-order valence-corrected chi connectivity index (χ0v) is 25.6. The van der Waals surface area contributed by atoms with Crippen molar-refractivity contribution in [2.45, 2.75) is 82.0 Å². The Kier molecular flexibility index (Phi) is 8.36. The molecule has 2 saturated heterocycles. The SMILES string of the molecule is CSC1CC(C)NC(=O)C1CNC(=O)c1cc(Cl)c2c(c1C)OC(C)(C1CCC(N3CC(N(C)C)C3)CC1)O2. The van der Waals surface area contributed by atoms with Crippen LogP contribution in [0, 0.1) is 18.8 Å². The van der Waals surface area contributed by atoms with Gasteiger partial charge >= 0.3 is 0 Å². The van der Waals surface area contributed by atoms with Gasteiger partial charge < -0.3 is 25.0 Å². The summed E-state index contributed by atoms with van der Waals surface area (Å²) >= 11 is 8.33. The summed E-state index contributed by atoms with van der Waals surface area (Å²) in [4.78, 5) is 30.8. The van der Waals surface area contributed by atoms with E-state index in [1.807, 2.05) is 27.0 Å². The van der Waals surface area contributed by atoms with Gasteiger partial charge in [-0.05, 0) is 72.4 Å². The van der Waals surface area contributed by atoms with Gasteiger partial charge in [-0.1, -0.05) is 11.6 Å². The van der Waals surface area contributed by atoms with Crippen LogP contribution in [-0.2, 0) is 4.79 Å². The second-order valence-electron chi connectivity index (χ2n) is 12.2. The van der Waals surface area contributed by atoms with Crippen molar-refractivity contribution < 1.29 is 19.1 Å². The van der Waals surface area contributed by atoms with Crippen LogP contribution in [0.25, 0.3) is 0 Å². The summed E-state index contributed by atoms with van der Waals surface area (Å²) in [6.45, 7) is 8.48. The lowest BCUT2D eigenvalue weighted by Crippen LogP contribution is -2.61. The standard InChI is InChI=1S/C29H43ClN4O4S/c1-16-11-24(39-6)22(28(36)32-16)13-31-27(35)21-12-23(30)26-25(17(21)2)37-29(3,38-26)18-7-9-19(10-8-18)34-14-20(15-34)33(4)5/h12,16,18-20,22,24H,7-11,13-15H2,1-6H3,(H,31,35)(H,32,36). The third kappa shape index (κ3) is 5.61. The molecule has 2 N–H and O–H groups in total. The maximum absolute atomic E-state index is 13.3. The van der Waals surface area contributed by atoms with Gasteiger partial charge in [-0.3, -0.25) is 14.5 Å². The molecule has 216 valence electrons. The highest BCUT2D eigenvalue weighted by Crippen LogP contribution is 2.52. The summed E-state index contributed by atoms with van der Waals surface area (Å²) in [5.74, 6) is -0.0166. The summed E-state index contributed by atoms with van der Waals surface area (Å²) < 4.78 is 12.9. The van der Waals surface area contributed by atoms with Crippen LogP contribution in [0.5, 0.6) is 11.5 Å². The fourth-order valence-electron chi connectivity index (χ4n) is 6.70. The van der Waals surface area contributed by atoms with E-state index in [0.717, 1.165) is 45.2 Å². The van der Waals surface area contributed by atoms with E-state index in [1.54, 1.807) is 17.8 Å². The molecule has 1 aromatic rings.